The van der Waals surface area contributed by atoms with E-state index >= 15 is 0 Å². The summed E-state index contributed by atoms with van der Waals surface area (Å²) in [5.74, 6) is 0.680. The van der Waals surface area contributed by atoms with Gasteiger partial charge in [0.25, 0.3) is 0 Å². The van der Waals surface area contributed by atoms with E-state index in [1.54, 1.807) is 19.4 Å². The largest absolute Gasteiger partial charge is 0.472 e. The summed E-state index contributed by atoms with van der Waals surface area (Å²) in [6.07, 6.45) is 1.51. The van der Waals surface area contributed by atoms with E-state index < -0.39 is 0 Å². The van der Waals surface area contributed by atoms with E-state index in [4.69, 9.17) is 15.2 Å². The lowest BCUT2D eigenvalue weighted by Crippen LogP contribution is -2.18. The topological polar surface area (TPSA) is 70.3 Å². The maximum atomic E-state index is 5.38. The molecule has 1 heterocycles. The van der Waals surface area contributed by atoms with E-state index in [0.29, 0.717) is 12.5 Å². The Kier molecular flexibility index (Phi) is 3.45. The minimum Gasteiger partial charge on any atom is -0.472 e. The third-order valence-corrected chi connectivity index (χ3v) is 1.37. The maximum absolute atomic E-state index is 5.38. The zero-order valence-electron chi connectivity index (χ0n) is 7.73. The quantitative estimate of drug-likeness (QED) is 0.734. The molecule has 5 nitrogen and oxygen atoms in total. The number of rotatable bonds is 4. The van der Waals surface area contributed by atoms with Gasteiger partial charge in [-0.15, -0.1) is 0 Å². The van der Waals surface area contributed by atoms with E-state index in [0.717, 1.165) is 0 Å². The molecule has 2 N–H and O–H groups in total. The molecule has 0 saturated carbocycles. The SMILES string of the molecule is COCC(C)Oc1ccnc(N)n1. The average Bonchev–Trinajstić information content (AvgIpc) is 2.04. The summed E-state index contributed by atoms with van der Waals surface area (Å²) < 4.78 is 10.3. The molecule has 5 heteroatoms. The van der Waals surface area contributed by atoms with Gasteiger partial charge in [0, 0.05) is 19.4 Å². The van der Waals surface area contributed by atoms with Crippen molar-refractivity contribution in [1.29, 1.82) is 0 Å². The van der Waals surface area contributed by atoms with Gasteiger partial charge in [-0.25, -0.2) is 4.98 Å². The van der Waals surface area contributed by atoms with Gasteiger partial charge in [-0.1, -0.05) is 0 Å². The molecule has 0 aromatic carbocycles. The van der Waals surface area contributed by atoms with Crippen molar-refractivity contribution in [2.45, 2.75) is 13.0 Å². The first kappa shape index (κ1) is 9.73. The number of aromatic nitrogens is 2. The lowest BCUT2D eigenvalue weighted by molar-refractivity contribution is 0.0890. The normalized spacial score (nSPS) is 12.5. The summed E-state index contributed by atoms with van der Waals surface area (Å²) in [6.45, 7) is 2.41. The highest BCUT2D eigenvalue weighted by atomic mass is 16.5. The lowest BCUT2D eigenvalue weighted by Gasteiger charge is -2.12. The van der Waals surface area contributed by atoms with Gasteiger partial charge >= 0.3 is 0 Å². The van der Waals surface area contributed by atoms with Crippen molar-refractivity contribution in [3.8, 4) is 5.88 Å². The molecule has 0 bridgehead atoms. The number of anilines is 1. The summed E-state index contributed by atoms with van der Waals surface area (Å²) in [6, 6.07) is 1.66. The average molecular weight is 183 g/mol. The maximum Gasteiger partial charge on any atom is 0.223 e. The molecular weight excluding hydrogens is 170 g/mol. The van der Waals surface area contributed by atoms with Crippen molar-refractivity contribution in [1.82, 2.24) is 9.97 Å². The van der Waals surface area contributed by atoms with Crippen LogP contribution in [0.3, 0.4) is 0 Å². The fourth-order valence-electron chi connectivity index (χ4n) is 0.897. The number of nitrogen functional groups attached to an aromatic ring is 1. The molecule has 0 aliphatic heterocycles. The smallest absolute Gasteiger partial charge is 0.223 e. The first-order valence-electron chi connectivity index (χ1n) is 3.96. The van der Waals surface area contributed by atoms with E-state index in [-0.39, 0.29) is 12.1 Å². The summed E-state index contributed by atoms with van der Waals surface area (Å²) in [7, 11) is 1.62. The third kappa shape index (κ3) is 3.25. The van der Waals surface area contributed by atoms with Gasteiger partial charge in [0.15, 0.2) is 0 Å². The van der Waals surface area contributed by atoms with Crippen LogP contribution in [0, 0.1) is 0 Å². The number of nitrogens with zero attached hydrogens (tertiary/aromatic N) is 2. The van der Waals surface area contributed by atoms with E-state index in [2.05, 4.69) is 9.97 Å². The summed E-state index contributed by atoms with van der Waals surface area (Å²) in [5.41, 5.74) is 5.37. The molecule has 0 aliphatic carbocycles. The van der Waals surface area contributed by atoms with Crippen molar-refractivity contribution < 1.29 is 9.47 Å². The minimum atomic E-state index is -0.0423. The zero-order chi connectivity index (χ0) is 9.68. The number of hydrogen-bond donors (Lipinski definition) is 1. The van der Waals surface area contributed by atoms with Crippen LogP contribution in [0.1, 0.15) is 6.92 Å². The number of ether oxygens (including phenoxy) is 2. The Bertz CT molecular complexity index is 267. The summed E-state index contributed by atoms with van der Waals surface area (Å²) in [4.78, 5) is 7.63. The number of methoxy groups -OCH3 is 1. The van der Waals surface area contributed by atoms with Crippen LogP contribution in [0.2, 0.25) is 0 Å². The van der Waals surface area contributed by atoms with Crippen molar-refractivity contribution in [3.05, 3.63) is 12.3 Å². The minimum absolute atomic E-state index is 0.0423. The summed E-state index contributed by atoms with van der Waals surface area (Å²) in [5, 5.41) is 0. The van der Waals surface area contributed by atoms with E-state index in [1.165, 1.54) is 0 Å². The van der Waals surface area contributed by atoms with Gasteiger partial charge in [0.1, 0.15) is 6.10 Å². The van der Waals surface area contributed by atoms with Gasteiger partial charge < -0.3 is 15.2 Å². The molecule has 1 aromatic rings. The zero-order valence-corrected chi connectivity index (χ0v) is 7.73. The highest BCUT2D eigenvalue weighted by Gasteiger charge is 2.04. The van der Waals surface area contributed by atoms with Crippen molar-refractivity contribution in [3.63, 3.8) is 0 Å². The van der Waals surface area contributed by atoms with Crippen LogP contribution in [0.4, 0.5) is 5.95 Å². The van der Waals surface area contributed by atoms with E-state index in [9.17, 15) is 0 Å². The second kappa shape index (κ2) is 4.61. The predicted octanol–water partition coefficient (Wildman–Crippen LogP) is 0.473. The second-order valence-electron chi connectivity index (χ2n) is 2.64. The van der Waals surface area contributed by atoms with Gasteiger partial charge in [-0.2, -0.15) is 4.98 Å². The highest BCUT2D eigenvalue weighted by Crippen LogP contribution is 2.08. The predicted molar refractivity (Wildman–Crippen MR) is 48.4 cm³/mol. The molecule has 0 saturated heterocycles. The van der Waals surface area contributed by atoms with Crippen molar-refractivity contribution >= 4 is 5.95 Å². The van der Waals surface area contributed by atoms with Gasteiger partial charge in [0.05, 0.1) is 6.61 Å². The molecular formula is C8H13N3O2. The fourth-order valence-corrected chi connectivity index (χ4v) is 0.897. The first-order chi connectivity index (χ1) is 6.22. The highest BCUT2D eigenvalue weighted by molar-refractivity contribution is 5.20. The third-order valence-electron chi connectivity index (χ3n) is 1.37. The van der Waals surface area contributed by atoms with Crippen LogP contribution in [0.15, 0.2) is 12.3 Å². The standard InChI is InChI=1S/C8H13N3O2/c1-6(5-12-2)13-7-3-4-10-8(9)11-7/h3-4,6H,5H2,1-2H3,(H2,9,10,11). The molecule has 1 atom stereocenters. The van der Waals surface area contributed by atoms with Crippen LogP contribution in [0.5, 0.6) is 5.88 Å². The van der Waals surface area contributed by atoms with Crippen LogP contribution < -0.4 is 10.5 Å². The molecule has 0 spiro atoms. The molecule has 13 heavy (non-hydrogen) atoms. The van der Waals surface area contributed by atoms with Crippen molar-refractivity contribution in [2.24, 2.45) is 0 Å². The Morgan fingerprint density at radius 1 is 1.62 bits per heavy atom. The van der Waals surface area contributed by atoms with Gasteiger partial charge in [-0.05, 0) is 6.92 Å². The van der Waals surface area contributed by atoms with Crippen LogP contribution >= 0.6 is 0 Å². The molecule has 1 unspecified atom stereocenters. The molecule has 0 fully saturated rings. The molecule has 72 valence electrons. The molecule has 0 aliphatic rings. The Morgan fingerprint density at radius 3 is 3.00 bits per heavy atom. The Labute approximate surface area is 76.9 Å². The van der Waals surface area contributed by atoms with Gasteiger partial charge in [-0.3, -0.25) is 0 Å². The molecule has 0 amide bonds. The number of nitrogens with two attached hydrogens (primary N) is 1. The summed E-state index contributed by atoms with van der Waals surface area (Å²) >= 11 is 0. The Hall–Kier alpha value is -1.36. The second-order valence-corrected chi connectivity index (χ2v) is 2.64. The fraction of sp³-hybridized carbons (Fsp3) is 0.500. The molecule has 1 rings (SSSR count). The Morgan fingerprint density at radius 2 is 2.38 bits per heavy atom. The molecule has 0 radical (unpaired) electrons. The van der Waals surface area contributed by atoms with Crippen molar-refractivity contribution in [2.75, 3.05) is 19.5 Å². The van der Waals surface area contributed by atoms with Crippen LogP contribution in [0.25, 0.3) is 0 Å². The first-order valence-corrected chi connectivity index (χ1v) is 3.96. The monoisotopic (exact) mass is 183 g/mol. The number of hydrogen-bond acceptors (Lipinski definition) is 5. The molecule has 1 aromatic heterocycles. The lowest BCUT2D eigenvalue weighted by atomic mass is 10.4. The Balaban J connectivity index is 2.53. The van der Waals surface area contributed by atoms with E-state index in [1.807, 2.05) is 6.92 Å². The van der Waals surface area contributed by atoms with Gasteiger partial charge in [0.2, 0.25) is 11.8 Å². The van der Waals surface area contributed by atoms with Crippen LogP contribution in [-0.2, 0) is 4.74 Å². The van der Waals surface area contributed by atoms with Crippen LogP contribution in [-0.4, -0.2) is 29.8 Å².